The lowest BCUT2D eigenvalue weighted by Gasteiger charge is -2.31. The van der Waals surface area contributed by atoms with Crippen LogP contribution in [-0.2, 0) is 22.4 Å². The first-order chi connectivity index (χ1) is 16.6. The number of benzene rings is 2. The maximum atomic E-state index is 13.6. The van der Waals surface area contributed by atoms with Crippen molar-refractivity contribution in [3.05, 3.63) is 65.2 Å². The molecule has 3 rings (SSSR count). The predicted molar refractivity (Wildman–Crippen MR) is 125 cm³/mol. The van der Waals surface area contributed by atoms with E-state index in [1.54, 1.807) is 38.4 Å². The van der Waals surface area contributed by atoms with Gasteiger partial charge in [0.15, 0.2) is 0 Å². The molecule has 2 aromatic carbocycles. The zero-order valence-corrected chi connectivity index (χ0v) is 19.8. The lowest BCUT2D eigenvalue weighted by atomic mass is 9.75. The molecule has 1 fully saturated rings. The van der Waals surface area contributed by atoms with Crippen LogP contribution >= 0.6 is 0 Å². The second-order valence-corrected chi connectivity index (χ2v) is 9.14. The summed E-state index contributed by atoms with van der Waals surface area (Å²) >= 11 is 0. The number of rotatable bonds is 8. The number of carbonyl (C=O) groups excluding carboxylic acids is 2. The fourth-order valence-corrected chi connectivity index (χ4v) is 4.43. The molecule has 0 heterocycles. The minimum atomic E-state index is -1.17. The van der Waals surface area contributed by atoms with Crippen LogP contribution in [0.4, 0.5) is 13.6 Å². The van der Waals surface area contributed by atoms with Crippen LogP contribution in [-0.4, -0.2) is 48.1 Å². The van der Waals surface area contributed by atoms with Gasteiger partial charge in [0, 0.05) is 32.5 Å². The number of nitrogens with zero attached hydrogens (tertiary/aromatic N) is 1. The average Bonchev–Trinajstić information content (AvgIpc) is 2.79. The lowest BCUT2D eigenvalue weighted by molar-refractivity contribution is -0.143. The highest BCUT2D eigenvalue weighted by Gasteiger charge is 2.33. The summed E-state index contributed by atoms with van der Waals surface area (Å²) in [5, 5.41) is 12.4. The summed E-state index contributed by atoms with van der Waals surface area (Å²) in [5.41, 5.74) is 1.13. The van der Waals surface area contributed by atoms with Gasteiger partial charge in [0.1, 0.15) is 23.4 Å². The second kappa shape index (κ2) is 11.8. The molecule has 9 heteroatoms. The van der Waals surface area contributed by atoms with E-state index in [0.29, 0.717) is 29.7 Å². The van der Waals surface area contributed by atoms with E-state index < -0.39 is 35.7 Å². The van der Waals surface area contributed by atoms with Crippen LogP contribution in [0.2, 0.25) is 0 Å². The van der Waals surface area contributed by atoms with Crippen LogP contribution in [0.5, 0.6) is 5.75 Å². The average molecular weight is 489 g/mol. The normalized spacial score (nSPS) is 18.4. The van der Waals surface area contributed by atoms with Crippen molar-refractivity contribution in [1.29, 1.82) is 0 Å². The quantitative estimate of drug-likeness (QED) is 0.581. The summed E-state index contributed by atoms with van der Waals surface area (Å²) in [4.78, 5) is 37.9. The van der Waals surface area contributed by atoms with Crippen LogP contribution in [0.1, 0.15) is 36.8 Å². The van der Waals surface area contributed by atoms with Gasteiger partial charge in [-0.3, -0.25) is 4.79 Å². The summed E-state index contributed by atoms with van der Waals surface area (Å²) in [6.45, 7) is 0. The van der Waals surface area contributed by atoms with Crippen molar-refractivity contribution in [2.24, 2.45) is 11.8 Å². The van der Waals surface area contributed by atoms with E-state index in [1.807, 2.05) is 0 Å². The van der Waals surface area contributed by atoms with Crippen LogP contribution in [0, 0.1) is 23.5 Å². The molecule has 2 amide bonds. The van der Waals surface area contributed by atoms with E-state index in [0.717, 1.165) is 25.3 Å². The van der Waals surface area contributed by atoms with Gasteiger partial charge >= 0.3 is 12.1 Å². The number of aliphatic carboxylic acids is 1. The van der Waals surface area contributed by atoms with Gasteiger partial charge in [-0.15, -0.1) is 0 Å². The molecule has 0 aliphatic heterocycles. The molecule has 188 valence electrons. The first-order valence-corrected chi connectivity index (χ1v) is 11.6. The number of carboxylic acids is 1. The SMILES string of the molecule is CN(C)C(=O)Oc1ccc(C[C@H](NC(=O)[C@H]2CCCC[C@@H]2Cc2cc(F)cc(F)c2)C(=O)O)cc1. The number of nitrogens with one attached hydrogen (secondary N) is 1. The molecule has 2 aromatic rings. The Hall–Kier alpha value is -3.49. The molecule has 1 aliphatic carbocycles. The molecule has 1 aliphatic rings. The second-order valence-electron chi connectivity index (χ2n) is 9.14. The van der Waals surface area contributed by atoms with Gasteiger partial charge in [-0.05, 0) is 60.6 Å². The number of carbonyl (C=O) groups is 3. The van der Waals surface area contributed by atoms with Crippen LogP contribution in [0.15, 0.2) is 42.5 Å². The third-order valence-electron chi connectivity index (χ3n) is 6.21. The summed E-state index contributed by atoms with van der Waals surface area (Å²) in [5.74, 6) is -3.11. The predicted octanol–water partition coefficient (Wildman–Crippen LogP) is 4.19. The van der Waals surface area contributed by atoms with Gasteiger partial charge < -0.3 is 20.1 Å². The Morgan fingerprint density at radius 2 is 1.66 bits per heavy atom. The van der Waals surface area contributed by atoms with Gasteiger partial charge in [0.25, 0.3) is 0 Å². The van der Waals surface area contributed by atoms with Crippen molar-refractivity contribution in [1.82, 2.24) is 10.2 Å². The number of amides is 2. The molecule has 2 N–H and O–H groups in total. The Labute approximate surface area is 203 Å². The van der Waals surface area contributed by atoms with Gasteiger partial charge in [0.05, 0.1) is 0 Å². The Balaban J connectivity index is 1.65. The Morgan fingerprint density at radius 1 is 1.03 bits per heavy atom. The number of ether oxygens (including phenoxy) is 1. The maximum absolute atomic E-state index is 13.6. The van der Waals surface area contributed by atoms with E-state index in [2.05, 4.69) is 5.32 Å². The molecular weight excluding hydrogens is 458 g/mol. The fraction of sp³-hybridized carbons (Fsp3) is 0.423. The highest BCUT2D eigenvalue weighted by molar-refractivity contribution is 5.85. The molecule has 0 saturated heterocycles. The van der Waals surface area contributed by atoms with Gasteiger partial charge in [-0.25, -0.2) is 18.4 Å². The highest BCUT2D eigenvalue weighted by Crippen LogP contribution is 2.33. The zero-order chi connectivity index (χ0) is 25.5. The Kier molecular flexibility index (Phi) is 8.78. The molecular formula is C26H30F2N2O5. The lowest BCUT2D eigenvalue weighted by Crippen LogP contribution is -2.47. The zero-order valence-electron chi connectivity index (χ0n) is 19.8. The molecule has 0 radical (unpaired) electrons. The number of halogens is 2. The smallest absolute Gasteiger partial charge is 0.414 e. The van der Waals surface area contributed by atoms with Crippen molar-refractivity contribution in [2.45, 2.75) is 44.6 Å². The fourth-order valence-electron chi connectivity index (χ4n) is 4.43. The number of hydrogen-bond donors (Lipinski definition) is 2. The van der Waals surface area contributed by atoms with E-state index in [-0.39, 0.29) is 18.2 Å². The van der Waals surface area contributed by atoms with Crippen molar-refractivity contribution in [2.75, 3.05) is 14.1 Å². The Morgan fingerprint density at radius 3 is 2.26 bits per heavy atom. The molecule has 3 atom stereocenters. The summed E-state index contributed by atoms with van der Waals surface area (Å²) < 4.78 is 32.4. The molecule has 7 nitrogen and oxygen atoms in total. The molecule has 0 unspecified atom stereocenters. The van der Waals surface area contributed by atoms with Crippen LogP contribution < -0.4 is 10.1 Å². The molecule has 35 heavy (non-hydrogen) atoms. The van der Waals surface area contributed by atoms with Crippen molar-refractivity contribution in [3.8, 4) is 5.75 Å². The van der Waals surface area contributed by atoms with Gasteiger partial charge in [-0.1, -0.05) is 25.0 Å². The maximum Gasteiger partial charge on any atom is 0.414 e. The first-order valence-electron chi connectivity index (χ1n) is 11.6. The van der Waals surface area contributed by atoms with E-state index in [9.17, 15) is 28.3 Å². The largest absolute Gasteiger partial charge is 0.480 e. The van der Waals surface area contributed by atoms with E-state index in [1.165, 1.54) is 17.0 Å². The summed E-state index contributed by atoms with van der Waals surface area (Å²) in [6.07, 6.45) is 2.91. The Bertz CT molecular complexity index is 1040. The topological polar surface area (TPSA) is 95.9 Å². The van der Waals surface area contributed by atoms with Gasteiger partial charge in [0.2, 0.25) is 5.91 Å². The van der Waals surface area contributed by atoms with Crippen LogP contribution in [0.25, 0.3) is 0 Å². The molecule has 0 bridgehead atoms. The van der Waals surface area contributed by atoms with Gasteiger partial charge in [-0.2, -0.15) is 0 Å². The molecule has 0 aromatic heterocycles. The molecule has 1 saturated carbocycles. The summed E-state index contributed by atoms with van der Waals surface area (Å²) in [6, 6.07) is 8.61. The summed E-state index contributed by atoms with van der Waals surface area (Å²) in [7, 11) is 3.12. The van der Waals surface area contributed by atoms with E-state index in [4.69, 9.17) is 4.74 Å². The van der Waals surface area contributed by atoms with E-state index >= 15 is 0 Å². The number of carboxylic acid groups (broad SMARTS) is 1. The van der Waals surface area contributed by atoms with Crippen molar-refractivity contribution < 1.29 is 33.0 Å². The minimum Gasteiger partial charge on any atom is -0.480 e. The third kappa shape index (κ3) is 7.50. The minimum absolute atomic E-state index is 0.0511. The monoisotopic (exact) mass is 488 g/mol. The van der Waals surface area contributed by atoms with Crippen molar-refractivity contribution in [3.63, 3.8) is 0 Å². The standard InChI is InChI=1S/C26H30F2N2O5/c1-30(2)26(34)35-21-9-7-16(8-10-21)14-23(25(32)33)29-24(31)22-6-4-3-5-18(22)11-17-12-19(27)15-20(28)13-17/h7-10,12-13,15,18,22-23H,3-6,11,14H2,1-2H3,(H,29,31)(H,32,33)/t18-,22+,23+/m1/s1. The first kappa shape index (κ1) is 26.1. The highest BCUT2D eigenvalue weighted by atomic mass is 19.1. The molecule has 0 spiro atoms. The van der Waals surface area contributed by atoms with Crippen molar-refractivity contribution >= 4 is 18.0 Å². The third-order valence-corrected chi connectivity index (χ3v) is 6.21. The number of hydrogen-bond acceptors (Lipinski definition) is 4. The van der Waals surface area contributed by atoms with Crippen LogP contribution in [0.3, 0.4) is 0 Å².